The molecule has 0 saturated heterocycles. The van der Waals surface area contributed by atoms with Crippen molar-refractivity contribution in [3.63, 3.8) is 0 Å². The number of hydrogen-bond donors (Lipinski definition) is 1. The summed E-state index contributed by atoms with van der Waals surface area (Å²) in [5, 5.41) is 3.14. The van der Waals surface area contributed by atoms with Crippen molar-refractivity contribution in [1.82, 2.24) is 10.2 Å². The zero-order chi connectivity index (χ0) is 15.9. The molecule has 2 aliphatic heterocycles. The highest BCUT2D eigenvalue weighted by Gasteiger charge is 2.38. The lowest BCUT2D eigenvalue weighted by Gasteiger charge is -2.20. The predicted molar refractivity (Wildman–Crippen MR) is 88.9 cm³/mol. The number of amides is 1. The second kappa shape index (κ2) is 5.59. The van der Waals surface area contributed by atoms with Crippen LogP contribution in [0.3, 0.4) is 0 Å². The van der Waals surface area contributed by atoms with E-state index in [1.807, 2.05) is 11.9 Å². The molecule has 0 fully saturated rings. The number of hydrogen-bond acceptors (Lipinski definition) is 3. The van der Waals surface area contributed by atoms with Gasteiger partial charge in [-0.25, -0.2) is 0 Å². The Labute approximate surface area is 131 Å². The van der Waals surface area contributed by atoms with Crippen LogP contribution in [-0.2, 0) is 4.79 Å². The van der Waals surface area contributed by atoms with Crippen molar-refractivity contribution < 1.29 is 4.79 Å². The Kier molecular flexibility index (Phi) is 3.77. The highest BCUT2D eigenvalue weighted by molar-refractivity contribution is 6.13. The Bertz CT molecular complexity index is 655. The number of aryl methyl sites for hydroxylation is 1. The molecule has 116 valence electrons. The number of nitrogens with zero attached hydrogens (tertiary/aromatic N) is 2. The Hall–Kier alpha value is -2.10. The van der Waals surface area contributed by atoms with Crippen LogP contribution >= 0.6 is 0 Å². The first kappa shape index (κ1) is 14.8. The van der Waals surface area contributed by atoms with Crippen molar-refractivity contribution in [2.45, 2.75) is 26.8 Å². The molecule has 22 heavy (non-hydrogen) atoms. The van der Waals surface area contributed by atoms with E-state index in [9.17, 15) is 4.79 Å². The zero-order valence-corrected chi connectivity index (χ0v) is 13.7. The quantitative estimate of drug-likeness (QED) is 0.911. The van der Waals surface area contributed by atoms with Crippen LogP contribution < -0.4 is 5.32 Å². The van der Waals surface area contributed by atoms with Gasteiger partial charge in [-0.05, 0) is 18.4 Å². The molecule has 1 aromatic rings. The lowest BCUT2D eigenvalue weighted by Crippen LogP contribution is -2.29. The molecule has 4 nitrogen and oxygen atoms in total. The summed E-state index contributed by atoms with van der Waals surface area (Å²) in [5.41, 5.74) is 5.24. The number of aliphatic imine (C=N–C) groups is 1. The lowest BCUT2D eigenvalue weighted by atomic mass is 9.90. The summed E-state index contributed by atoms with van der Waals surface area (Å²) >= 11 is 0. The molecule has 0 bridgehead atoms. The van der Waals surface area contributed by atoms with Crippen LogP contribution in [0.2, 0.25) is 0 Å². The van der Waals surface area contributed by atoms with E-state index in [-0.39, 0.29) is 11.9 Å². The molecule has 1 aromatic carbocycles. The normalized spacial score (nSPS) is 21.7. The molecular formula is C18H23N3O. The number of nitrogens with one attached hydrogen (secondary N) is 1. The first-order valence-corrected chi connectivity index (χ1v) is 7.86. The third-order valence-corrected chi connectivity index (χ3v) is 4.37. The fourth-order valence-electron chi connectivity index (χ4n) is 3.20. The summed E-state index contributed by atoms with van der Waals surface area (Å²) in [4.78, 5) is 19.3. The summed E-state index contributed by atoms with van der Waals surface area (Å²) < 4.78 is 0. The average molecular weight is 297 g/mol. The van der Waals surface area contributed by atoms with Crippen LogP contribution in [-0.4, -0.2) is 36.7 Å². The highest BCUT2D eigenvalue weighted by atomic mass is 16.2. The number of benzene rings is 1. The number of rotatable bonds is 2. The van der Waals surface area contributed by atoms with E-state index in [1.54, 1.807) is 0 Å². The number of carbonyl (C=O) groups excluding carboxylic acids is 1. The van der Waals surface area contributed by atoms with Gasteiger partial charge in [0.05, 0.1) is 12.6 Å². The van der Waals surface area contributed by atoms with E-state index in [1.165, 1.54) is 5.56 Å². The van der Waals surface area contributed by atoms with Gasteiger partial charge in [-0.1, -0.05) is 43.7 Å². The van der Waals surface area contributed by atoms with Gasteiger partial charge in [-0.2, -0.15) is 0 Å². The summed E-state index contributed by atoms with van der Waals surface area (Å²) in [6.07, 6.45) is 0. The minimum absolute atomic E-state index is 0.0123. The SMILES string of the molecule is Cc1ccc(C2NC(=O)C3=C2C(C(C)C)=NCCN3C)cc1. The average Bonchev–Trinajstić information content (AvgIpc) is 2.70. The van der Waals surface area contributed by atoms with Gasteiger partial charge in [-0.15, -0.1) is 0 Å². The number of carbonyl (C=O) groups is 1. The monoisotopic (exact) mass is 297 g/mol. The maximum Gasteiger partial charge on any atom is 0.268 e. The lowest BCUT2D eigenvalue weighted by molar-refractivity contribution is -0.118. The molecule has 1 N–H and O–H groups in total. The Balaban J connectivity index is 2.12. The summed E-state index contributed by atoms with van der Waals surface area (Å²) in [5.74, 6) is 0.315. The third-order valence-electron chi connectivity index (χ3n) is 4.37. The first-order valence-electron chi connectivity index (χ1n) is 7.86. The maximum absolute atomic E-state index is 12.5. The molecule has 1 unspecified atom stereocenters. The fourth-order valence-corrected chi connectivity index (χ4v) is 3.20. The molecule has 4 heteroatoms. The standard InChI is InChI=1S/C18H23N3O/c1-11(2)15-14-16(13-7-5-12(3)6-8-13)20-18(22)17(14)21(4)10-9-19-15/h5-8,11,16H,9-10H2,1-4H3,(H,20,22). The second-order valence-corrected chi connectivity index (χ2v) is 6.42. The van der Waals surface area contributed by atoms with Crippen LogP contribution in [0.5, 0.6) is 0 Å². The van der Waals surface area contributed by atoms with Crippen molar-refractivity contribution in [2.75, 3.05) is 20.1 Å². The van der Waals surface area contributed by atoms with Gasteiger partial charge in [0, 0.05) is 24.9 Å². The van der Waals surface area contributed by atoms with Gasteiger partial charge in [0.1, 0.15) is 5.70 Å². The zero-order valence-electron chi connectivity index (χ0n) is 13.7. The number of likely N-dealkylation sites (N-methyl/N-ethyl adjacent to an activating group) is 1. The molecule has 1 amide bonds. The minimum atomic E-state index is -0.0928. The summed E-state index contributed by atoms with van der Waals surface area (Å²) in [6.45, 7) is 7.88. The molecule has 0 aromatic heterocycles. The van der Waals surface area contributed by atoms with Crippen molar-refractivity contribution in [1.29, 1.82) is 0 Å². The van der Waals surface area contributed by atoms with Crippen molar-refractivity contribution in [3.8, 4) is 0 Å². The van der Waals surface area contributed by atoms with Crippen molar-refractivity contribution in [2.24, 2.45) is 10.9 Å². The Morgan fingerprint density at radius 2 is 1.95 bits per heavy atom. The van der Waals surface area contributed by atoms with E-state index in [2.05, 4.69) is 50.4 Å². The van der Waals surface area contributed by atoms with Gasteiger partial charge in [0.2, 0.25) is 0 Å². The molecule has 0 aliphatic carbocycles. The topological polar surface area (TPSA) is 44.7 Å². The summed E-state index contributed by atoms with van der Waals surface area (Å²) in [6, 6.07) is 8.28. The Morgan fingerprint density at radius 1 is 1.27 bits per heavy atom. The van der Waals surface area contributed by atoms with Crippen molar-refractivity contribution in [3.05, 3.63) is 46.7 Å². The Morgan fingerprint density at radius 3 is 2.59 bits per heavy atom. The highest BCUT2D eigenvalue weighted by Crippen LogP contribution is 2.35. The van der Waals surface area contributed by atoms with Gasteiger partial charge in [0.15, 0.2) is 0 Å². The van der Waals surface area contributed by atoms with E-state index in [4.69, 9.17) is 4.99 Å². The van der Waals surface area contributed by atoms with Crippen LogP contribution in [0.15, 0.2) is 40.5 Å². The third kappa shape index (κ3) is 2.43. The molecule has 1 atom stereocenters. The van der Waals surface area contributed by atoms with Crippen molar-refractivity contribution >= 4 is 11.6 Å². The van der Waals surface area contributed by atoms with Gasteiger partial charge >= 0.3 is 0 Å². The van der Waals surface area contributed by atoms with E-state index in [0.717, 1.165) is 35.6 Å². The minimum Gasteiger partial charge on any atom is -0.368 e. The van der Waals surface area contributed by atoms with E-state index < -0.39 is 0 Å². The largest absolute Gasteiger partial charge is 0.368 e. The van der Waals surface area contributed by atoms with Gasteiger partial charge in [-0.3, -0.25) is 9.79 Å². The molecule has 0 saturated carbocycles. The molecule has 2 heterocycles. The van der Waals surface area contributed by atoms with E-state index >= 15 is 0 Å². The van der Waals surface area contributed by atoms with E-state index in [0.29, 0.717) is 5.92 Å². The molecule has 3 rings (SSSR count). The molecule has 0 radical (unpaired) electrons. The van der Waals surface area contributed by atoms with Crippen LogP contribution in [0.25, 0.3) is 0 Å². The smallest absolute Gasteiger partial charge is 0.268 e. The maximum atomic E-state index is 12.5. The molecule has 2 aliphatic rings. The molecular weight excluding hydrogens is 274 g/mol. The fraction of sp³-hybridized carbons (Fsp3) is 0.444. The van der Waals surface area contributed by atoms with Crippen LogP contribution in [0, 0.1) is 12.8 Å². The van der Waals surface area contributed by atoms with Crippen LogP contribution in [0.1, 0.15) is 31.0 Å². The van der Waals surface area contributed by atoms with Crippen LogP contribution in [0.4, 0.5) is 0 Å². The predicted octanol–water partition coefficient (Wildman–Crippen LogP) is 2.46. The second-order valence-electron chi connectivity index (χ2n) is 6.42. The van der Waals surface area contributed by atoms with Gasteiger partial charge in [0.25, 0.3) is 5.91 Å². The van der Waals surface area contributed by atoms with Gasteiger partial charge < -0.3 is 10.2 Å². The molecule has 0 spiro atoms. The first-order chi connectivity index (χ1) is 10.5. The summed E-state index contributed by atoms with van der Waals surface area (Å²) in [7, 11) is 1.98.